The number of carbonyl (C=O) groups is 2. The molecule has 1 N–H and O–H groups in total. The number of anilines is 1. The van der Waals surface area contributed by atoms with E-state index in [0.29, 0.717) is 35.0 Å². The van der Waals surface area contributed by atoms with Crippen molar-refractivity contribution in [3.8, 4) is 0 Å². The van der Waals surface area contributed by atoms with Crippen molar-refractivity contribution in [2.45, 2.75) is 17.7 Å². The summed E-state index contributed by atoms with van der Waals surface area (Å²) in [6.45, 7) is 0.399. The topological polar surface area (TPSA) is 92.8 Å². The summed E-state index contributed by atoms with van der Waals surface area (Å²) in [6, 6.07) is 13.3. The van der Waals surface area contributed by atoms with E-state index in [1.54, 1.807) is 0 Å². The number of piperidine rings is 1. The lowest BCUT2D eigenvalue weighted by molar-refractivity contribution is -0.120. The van der Waals surface area contributed by atoms with E-state index in [1.807, 2.05) is 24.3 Å². The minimum absolute atomic E-state index is 0.0619. The van der Waals surface area contributed by atoms with E-state index in [-0.39, 0.29) is 17.3 Å². The fraction of sp³-hybridized carbons (Fsp3) is 0.273. The number of benzene rings is 2. The van der Waals surface area contributed by atoms with Crippen molar-refractivity contribution < 1.29 is 22.7 Å². The minimum atomic E-state index is -3.74. The third kappa shape index (κ3) is 4.38. The number of esters is 1. The molecule has 0 aliphatic carbocycles. The summed E-state index contributed by atoms with van der Waals surface area (Å²) >= 11 is 7.12. The molecule has 1 unspecified atom stereocenters. The number of methoxy groups -OCH3 is 1. The Bertz CT molecular complexity index is 1270. The maximum atomic E-state index is 13.1. The number of hydrogen-bond donors (Lipinski definition) is 1. The molecule has 0 bridgehead atoms. The van der Waals surface area contributed by atoms with Crippen molar-refractivity contribution in [1.29, 1.82) is 0 Å². The van der Waals surface area contributed by atoms with Crippen LogP contribution in [0, 0.1) is 5.92 Å². The number of nitrogens with zero attached hydrogens (tertiary/aromatic N) is 1. The van der Waals surface area contributed by atoms with Crippen molar-refractivity contribution in [3.05, 3.63) is 58.4 Å². The number of nitrogens with one attached hydrogen (secondary N) is 1. The molecule has 7 nitrogen and oxygen atoms in total. The van der Waals surface area contributed by atoms with Gasteiger partial charge in [-0.3, -0.25) is 4.79 Å². The van der Waals surface area contributed by atoms with Crippen molar-refractivity contribution in [1.82, 2.24) is 4.31 Å². The summed E-state index contributed by atoms with van der Waals surface area (Å²) < 4.78 is 33.1. The van der Waals surface area contributed by atoms with E-state index < -0.39 is 21.9 Å². The maximum Gasteiger partial charge on any atom is 0.350 e. The summed E-state index contributed by atoms with van der Waals surface area (Å²) in [7, 11) is -2.45. The van der Waals surface area contributed by atoms with Gasteiger partial charge in [-0.1, -0.05) is 29.8 Å². The van der Waals surface area contributed by atoms with Gasteiger partial charge in [0.05, 0.1) is 23.6 Å². The zero-order valence-electron chi connectivity index (χ0n) is 17.2. The Morgan fingerprint density at radius 2 is 1.88 bits per heavy atom. The third-order valence-electron chi connectivity index (χ3n) is 5.42. The highest BCUT2D eigenvalue weighted by Gasteiger charge is 2.34. The summed E-state index contributed by atoms with van der Waals surface area (Å²) in [5, 5.41) is 4.06. The maximum absolute atomic E-state index is 13.1. The van der Waals surface area contributed by atoms with Crippen molar-refractivity contribution >= 4 is 60.6 Å². The molecule has 0 radical (unpaired) electrons. The van der Waals surface area contributed by atoms with Crippen molar-refractivity contribution in [2.24, 2.45) is 5.92 Å². The van der Waals surface area contributed by atoms with Gasteiger partial charge in [0.2, 0.25) is 15.9 Å². The normalized spacial score (nSPS) is 17.2. The average Bonchev–Trinajstić information content (AvgIpc) is 3.17. The molecule has 0 saturated carbocycles. The number of ether oxygens (including phenoxy) is 1. The van der Waals surface area contributed by atoms with Crippen LogP contribution in [0.3, 0.4) is 0 Å². The first-order valence-corrected chi connectivity index (χ1v) is 12.6. The fourth-order valence-corrected chi connectivity index (χ4v) is 6.49. The van der Waals surface area contributed by atoms with Gasteiger partial charge in [0, 0.05) is 28.2 Å². The van der Waals surface area contributed by atoms with Gasteiger partial charge in [-0.05, 0) is 43.2 Å². The lowest BCUT2D eigenvalue weighted by atomic mass is 9.98. The Kier molecular flexibility index (Phi) is 6.52. The van der Waals surface area contributed by atoms with E-state index in [1.165, 1.54) is 47.0 Å². The van der Waals surface area contributed by atoms with Gasteiger partial charge in [-0.25, -0.2) is 13.2 Å². The summed E-state index contributed by atoms with van der Waals surface area (Å²) in [4.78, 5) is 25.8. The lowest BCUT2D eigenvalue weighted by Crippen LogP contribution is -2.43. The Labute approximate surface area is 195 Å². The lowest BCUT2D eigenvalue weighted by Gasteiger charge is -2.31. The number of sulfonamides is 1. The van der Waals surface area contributed by atoms with E-state index in [9.17, 15) is 18.0 Å². The quantitative estimate of drug-likeness (QED) is 0.533. The van der Waals surface area contributed by atoms with Crippen LogP contribution in [0.2, 0.25) is 5.02 Å². The van der Waals surface area contributed by atoms with Crippen LogP contribution < -0.4 is 5.32 Å². The van der Waals surface area contributed by atoms with Crippen molar-refractivity contribution in [3.63, 3.8) is 0 Å². The zero-order valence-corrected chi connectivity index (χ0v) is 19.6. The second-order valence-corrected chi connectivity index (χ2v) is 10.9. The van der Waals surface area contributed by atoms with Crippen LogP contribution in [-0.2, 0) is 19.6 Å². The second-order valence-electron chi connectivity index (χ2n) is 7.44. The number of carbonyl (C=O) groups excluding carboxylic acids is 2. The number of fused-ring (bicyclic) bond motifs is 1. The molecule has 168 valence electrons. The number of rotatable bonds is 5. The smallest absolute Gasteiger partial charge is 0.350 e. The first-order chi connectivity index (χ1) is 15.3. The molecule has 3 aromatic rings. The number of halogens is 1. The molecule has 10 heteroatoms. The molecule has 2 aromatic carbocycles. The molecule has 2 heterocycles. The minimum Gasteiger partial charge on any atom is -0.465 e. The largest absolute Gasteiger partial charge is 0.465 e. The van der Waals surface area contributed by atoms with Gasteiger partial charge in [0.1, 0.15) is 4.88 Å². The number of thiophene rings is 1. The average molecular weight is 493 g/mol. The molecule has 1 saturated heterocycles. The second kappa shape index (κ2) is 9.19. The van der Waals surface area contributed by atoms with Crippen LogP contribution in [-0.4, -0.2) is 44.8 Å². The van der Waals surface area contributed by atoms with Gasteiger partial charge < -0.3 is 10.1 Å². The SMILES string of the molecule is COC(=O)c1sc2ccccc2c1NC(=O)C1CCCN(S(=O)(=O)c2ccc(Cl)cc2)C1. The zero-order chi connectivity index (χ0) is 22.9. The Morgan fingerprint density at radius 3 is 2.59 bits per heavy atom. The van der Waals surface area contributed by atoms with Crippen LogP contribution in [0.5, 0.6) is 0 Å². The highest BCUT2D eigenvalue weighted by Crippen LogP contribution is 2.37. The Hall–Kier alpha value is -2.46. The van der Waals surface area contributed by atoms with Gasteiger partial charge in [0.15, 0.2) is 0 Å². The van der Waals surface area contributed by atoms with Crippen molar-refractivity contribution in [2.75, 3.05) is 25.5 Å². The molecule has 1 aliphatic rings. The van der Waals surface area contributed by atoms with Crippen LogP contribution in [0.25, 0.3) is 10.1 Å². The Balaban J connectivity index is 1.57. The molecular weight excluding hydrogens is 472 g/mol. The highest BCUT2D eigenvalue weighted by atomic mass is 35.5. The van der Waals surface area contributed by atoms with Crippen LogP contribution >= 0.6 is 22.9 Å². The van der Waals surface area contributed by atoms with E-state index >= 15 is 0 Å². The number of hydrogen-bond acceptors (Lipinski definition) is 6. The molecular formula is C22H21ClN2O5S2. The molecule has 1 aromatic heterocycles. The summed E-state index contributed by atoms with van der Waals surface area (Å²) in [5.74, 6) is -1.40. The van der Waals surface area contributed by atoms with E-state index in [4.69, 9.17) is 16.3 Å². The predicted octanol–water partition coefficient (Wildman–Crippen LogP) is 4.38. The monoisotopic (exact) mass is 492 g/mol. The standard InChI is InChI=1S/C22H21ClN2O5S2/c1-30-22(27)20-19(17-6-2-3-7-18(17)31-20)24-21(26)14-5-4-12-25(13-14)32(28,29)16-10-8-15(23)9-11-16/h2-3,6-11,14H,4-5,12-13H2,1H3,(H,24,26). The van der Waals surface area contributed by atoms with Crippen LogP contribution in [0.1, 0.15) is 22.5 Å². The predicted molar refractivity (Wildman–Crippen MR) is 125 cm³/mol. The van der Waals surface area contributed by atoms with Crippen LogP contribution in [0.15, 0.2) is 53.4 Å². The van der Waals surface area contributed by atoms with Gasteiger partial charge in [0.25, 0.3) is 0 Å². The number of amides is 1. The molecule has 1 fully saturated rings. The molecule has 1 aliphatic heterocycles. The highest BCUT2D eigenvalue weighted by molar-refractivity contribution is 7.89. The Morgan fingerprint density at radius 1 is 1.16 bits per heavy atom. The van der Waals surface area contributed by atoms with E-state index in [2.05, 4.69) is 5.32 Å². The first kappa shape index (κ1) is 22.7. The molecule has 32 heavy (non-hydrogen) atoms. The van der Waals surface area contributed by atoms with E-state index in [0.717, 1.165) is 10.1 Å². The summed E-state index contributed by atoms with van der Waals surface area (Å²) in [6.07, 6.45) is 1.10. The van der Waals surface area contributed by atoms with Gasteiger partial charge in [-0.2, -0.15) is 4.31 Å². The first-order valence-electron chi connectivity index (χ1n) is 9.97. The summed E-state index contributed by atoms with van der Waals surface area (Å²) in [5.41, 5.74) is 0.403. The molecule has 1 amide bonds. The fourth-order valence-electron chi connectivity index (χ4n) is 3.76. The third-order valence-corrected chi connectivity index (χ3v) is 8.70. The van der Waals surface area contributed by atoms with Crippen LogP contribution in [0.4, 0.5) is 5.69 Å². The molecule has 1 atom stereocenters. The molecule has 0 spiro atoms. The van der Waals surface area contributed by atoms with Gasteiger partial charge in [-0.15, -0.1) is 11.3 Å². The van der Waals surface area contributed by atoms with Gasteiger partial charge >= 0.3 is 5.97 Å². The molecule has 4 rings (SSSR count).